The molecule has 0 aliphatic carbocycles. The molecule has 2 aromatic heterocycles. The predicted molar refractivity (Wildman–Crippen MR) is 156 cm³/mol. The van der Waals surface area contributed by atoms with Crippen LogP contribution in [0, 0.1) is 6.92 Å². The molecule has 43 heavy (non-hydrogen) atoms. The van der Waals surface area contributed by atoms with Crippen LogP contribution in [0.3, 0.4) is 0 Å². The summed E-state index contributed by atoms with van der Waals surface area (Å²) < 4.78 is 71.0. The Morgan fingerprint density at radius 1 is 1.12 bits per heavy atom. The van der Waals surface area contributed by atoms with Crippen molar-refractivity contribution < 1.29 is 31.2 Å². The molecule has 10 nitrogen and oxygen atoms in total. The van der Waals surface area contributed by atoms with Crippen LogP contribution in [0.2, 0.25) is 10.2 Å². The van der Waals surface area contributed by atoms with Gasteiger partial charge in [0.25, 0.3) is 11.1 Å². The predicted octanol–water partition coefficient (Wildman–Crippen LogP) is 5.47. The highest BCUT2D eigenvalue weighted by Gasteiger charge is 2.36. The molecule has 1 saturated heterocycles. The number of nitrogens with one attached hydrogen (secondary N) is 1. The zero-order valence-electron chi connectivity index (χ0n) is 22.3. The van der Waals surface area contributed by atoms with Crippen LogP contribution < -0.4 is 4.72 Å². The number of thioether (sulfide) groups is 1. The van der Waals surface area contributed by atoms with E-state index >= 15 is 0 Å². The van der Waals surface area contributed by atoms with Crippen molar-refractivity contribution in [3.05, 3.63) is 80.1 Å². The van der Waals surface area contributed by atoms with Crippen LogP contribution in [-0.2, 0) is 34.6 Å². The van der Waals surface area contributed by atoms with Crippen molar-refractivity contribution in [2.75, 3.05) is 13.1 Å². The van der Waals surface area contributed by atoms with E-state index < -0.39 is 32.9 Å². The van der Waals surface area contributed by atoms with E-state index in [0.29, 0.717) is 28.2 Å². The second kappa shape index (κ2) is 11.6. The van der Waals surface area contributed by atoms with Gasteiger partial charge in [-0.2, -0.15) is 23.4 Å². The first kappa shape index (κ1) is 31.1. The van der Waals surface area contributed by atoms with Crippen molar-refractivity contribution in [2.45, 2.75) is 24.5 Å². The Labute approximate surface area is 257 Å². The van der Waals surface area contributed by atoms with Crippen LogP contribution in [0.15, 0.2) is 52.4 Å². The van der Waals surface area contributed by atoms with Gasteiger partial charge in [0.05, 0.1) is 34.4 Å². The van der Waals surface area contributed by atoms with Gasteiger partial charge < -0.3 is 0 Å². The summed E-state index contributed by atoms with van der Waals surface area (Å²) in [5.41, 5.74) is 0.472. The van der Waals surface area contributed by atoms with Gasteiger partial charge in [-0.1, -0.05) is 35.3 Å². The molecule has 0 spiro atoms. The number of carbonyl (C=O) groups excluding carboxylic acids is 2. The smallest absolute Gasteiger partial charge is 0.268 e. The summed E-state index contributed by atoms with van der Waals surface area (Å²) in [4.78, 5) is 26.4. The average molecular weight is 674 g/mol. The molecule has 226 valence electrons. The third-order valence-corrected chi connectivity index (χ3v) is 9.83. The lowest BCUT2D eigenvalue weighted by Crippen LogP contribution is -2.37. The molecule has 3 heterocycles. The molecule has 0 saturated carbocycles. The fourth-order valence-electron chi connectivity index (χ4n) is 4.56. The number of hydrogen-bond donors (Lipinski definition) is 1. The molecule has 2 amide bonds. The number of sulfonamides is 1. The maximum absolute atomic E-state index is 13.5. The Morgan fingerprint density at radius 3 is 2.53 bits per heavy atom. The van der Waals surface area contributed by atoms with E-state index in [1.807, 2.05) is 0 Å². The zero-order valence-corrected chi connectivity index (χ0v) is 25.5. The summed E-state index contributed by atoms with van der Waals surface area (Å²) in [7, 11) is -2.55. The van der Waals surface area contributed by atoms with Gasteiger partial charge in [-0.15, -0.1) is 0 Å². The van der Waals surface area contributed by atoms with Gasteiger partial charge in [0.2, 0.25) is 10.0 Å². The molecule has 17 heteroatoms. The Hall–Kier alpha value is -3.37. The summed E-state index contributed by atoms with van der Waals surface area (Å²) in [6.45, 7) is 0.888. The number of carbonyl (C=O) groups is 2. The Morgan fingerprint density at radius 2 is 1.86 bits per heavy atom. The number of alkyl halides is 3. The van der Waals surface area contributed by atoms with E-state index in [-0.39, 0.29) is 50.9 Å². The number of amides is 2. The van der Waals surface area contributed by atoms with Gasteiger partial charge in [0.15, 0.2) is 0 Å². The number of aromatic nitrogens is 4. The number of nitrogens with zero attached hydrogens (tertiary/aromatic N) is 5. The molecular weight excluding hydrogens is 652 g/mol. The SMILES string of the molecule is Cc1nn(C)c(Cl)c1S(=O)(=O)NCCN1C(=O)SC(=Cc2ccc3c(cnn3Cc3ccc(Cl)cc3C(F)(F)F)c2)C1=O. The van der Waals surface area contributed by atoms with Crippen LogP contribution in [0.5, 0.6) is 0 Å². The van der Waals surface area contributed by atoms with E-state index in [9.17, 15) is 31.2 Å². The molecule has 1 aliphatic heterocycles. The lowest BCUT2D eigenvalue weighted by Gasteiger charge is -2.14. The molecule has 4 aromatic rings. The average Bonchev–Trinajstić information content (AvgIpc) is 3.52. The third-order valence-electron chi connectivity index (χ3n) is 6.53. The van der Waals surface area contributed by atoms with E-state index in [1.54, 1.807) is 18.2 Å². The number of fused-ring (bicyclic) bond motifs is 1. The minimum atomic E-state index is -4.59. The van der Waals surface area contributed by atoms with E-state index in [2.05, 4.69) is 14.9 Å². The quantitative estimate of drug-likeness (QED) is 0.247. The van der Waals surface area contributed by atoms with E-state index in [1.165, 1.54) is 47.7 Å². The summed E-state index contributed by atoms with van der Waals surface area (Å²) >= 11 is 12.5. The molecule has 0 unspecified atom stereocenters. The maximum atomic E-state index is 13.5. The minimum Gasteiger partial charge on any atom is -0.268 e. The lowest BCUT2D eigenvalue weighted by molar-refractivity contribution is -0.138. The summed E-state index contributed by atoms with van der Waals surface area (Å²) in [5, 5.41) is 8.14. The highest BCUT2D eigenvalue weighted by molar-refractivity contribution is 8.18. The molecule has 0 atom stereocenters. The van der Waals surface area contributed by atoms with Crippen LogP contribution in [0.1, 0.15) is 22.4 Å². The van der Waals surface area contributed by atoms with Gasteiger partial charge in [-0.25, -0.2) is 13.1 Å². The molecule has 1 aliphatic rings. The summed E-state index contributed by atoms with van der Waals surface area (Å²) in [5.74, 6) is -0.594. The topological polar surface area (TPSA) is 119 Å². The number of halogens is 5. The van der Waals surface area contributed by atoms with Crippen molar-refractivity contribution in [1.29, 1.82) is 0 Å². The van der Waals surface area contributed by atoms with Crippen LogP contribution in [-0.4, -0.2) is 57.1 Å². The molecule has 1 N–H and O–H groups in total. The highest BCUT2D eigenvalue weighted by atomic mass is 35.5. The molecule has 2 aromatic carbocycles. The summed E-state index contributed by atoms with van der Waals surface area (Å²) in [6, 6.07) is 8.56. The second-order valence-corrected chi connectivity index (χ2v) is 13.0. The van der Waals surface area contributed by atoms with E-state index in [0.717, 1.165) is 11.0 Å². The number of imide groups is 1. The van der Waals surface area contributed by atoms with Gasteiger partial charge >= 0.3 is 6.18 Å². The van der Waals surface area contributed by atoms with Crippen LogP contribution in [0.25, 0.3) is 17.0 Å². The van der Waals surface area contributed by atoms with Crippen LogP contribution >= 0.6 is 35.0 Å². The first-order valence-electron chi connectivity index (χ1n) is 12.4. The van der Waals surface area contributed by atoms with Gasteiger partial charge in [0, 0.05) is 30.5 Å². The van der Waals surface area contributed by atoms with Gasteiger partial charge in [0.1, 0.15) is 10.0 Å². The lowest BCUT2D eigenvalue weighted by atomic mass is 10.1. The fraction of sp³-hybridized carbons (Fsp3) is 0.231. The largest absolute Gasteiger partial charge is 0.416 e. The molecular formula is C26H21Cl2F3N6O4S2. The minimum absolute atomic E-state index is 0.000563. The molecule has 0 radical (unpaired) electrons. The monoisotopic (exact) mass is 672 g/mol. The fourth-order valence-corrected chi connectivity index (χ4v) is 7.36. The summed E-state index contributed by atoms with van der Waals surface area (Å²) in [6.07, 6.45) is -1.59. The van der Waals surface area contributed by atoms with Gasteiger partial charge in [-0.3, -0.25) is 23.9 Å². The third kappa shape index (κ3) is 6.31. The first-order chi connectivity index (χ1) is 20.2. The second-order valence-electron chi connectivity index (χ2n) is 9.48. The maximum Gasteiger partial charge on any atom is 0.416 e. The van der Waals surface area contributed by atoms with Crippen molar-refractivity contribution >= 4 is 73.1 Å². The molecule has 5 rings (SSSR count). The standard InChI is InChI=1S/C26H21Cl2F3N6O4S2/c1-14-22(23(28)35(2)34-14)43(40,41)33-7-8-36-24(38)21(42-25(36)39)10-15-3-6-20-17(9-15)12-32-37(20)13-16-4-5-18(27)11-19(16)26(29,30)31/h3-6,9-12,33H,7-8,13H2,1-2H3. The van der Waals surface area contributed by atoms with Crippen molar-refractivity contribution in [3.63, 3.8) is 0 Å². The number of aryl methyl sites for hydroxylation is 2. The van der Waals surface area contributed by atoms with Crippen LogP contribution in [0.4, 0.5) is 18.0 Å². The zero-order chi connectivity index (χ0) is 31.3. The first-order valence-corrected chi connectivity index (χ1v) is 15.5. The van der Waals surface area contributed by atoms with Crippen molar-refractivity contribution in [2.24, 2.45) is 7.05 Å². The van der Waals surface area contributed by atoms with Crippen molar-refractivity contribution in [3.8, 4) is 0 Å². The van der Waals surface area contributed by atoms with Crippen molar-refractivity contribution in [1.82, 2.24) is 29.2 Å². The normalized spacial score (nSPS) is 15.4. The van der Waals surface area contributed by atoms with Gasteiger partial charge in [-0.05, 0) is 60.2 Å². The number of benzene rings is 2. The Bertz CT molecular complexity index is 1920. The molecule has 1 fully saturated rings. The van der Waals surface area contributed by atoms with E-state index in [4.69, 9.17) is 23.2 Å². The number of hydrogen-bond acceptors (Lipinski definition) is 7. The Balaban J connectivity index is 1.29. The highest BCUT2D eigenvalue weighted by Crippen LogP contribution is 2.35. The molecule has 0 bridgehead atoms. The number of rotatable bonds is 8. The Kier molecular flexibility index (Phi) is 8.39.